The van der Waals surface area contributed by atoms with Gasteiger partial charge in [-0.25, -0.2) is 30.7 Å². The van der Waals surface area contributed by atoms with Gasteiger partial charge in [-0.2, -0.15) is 4.31 Å². The van der Waals surface area contributed by atoms with Gasteiger partial charge in [0.15, 0.2) is 6.61 Å². The monoisotopic (exact) mass is 953 g/mol. The fourth-order valence-corrected chi connectivity index (χ4v) is 14.2. The van der Waals surface area contributed by atoms with E-state index >= 15 is 0 Å². The Morgan fingerprint density at radius 1 is 0.776 bits per heavy atom. The third kappa shape index (κ3) is 11.3. The third-order valence-electron chi connectivity index (χ3n) is 14.4. The fraction of sp³-hybridized carbons (Fsp3) is 0.462. The van der Waals surface area contributed by atoms with E-state index in [1.807, 2.05) is 85.8 Å². The summed E-state index contributed by atoms with van der Waals surface area (Å²) in [7, 11) is -7.78. The number of hydrogen-bond donors (Lipinski definition) is 1. The second-order valence-corrected chi connectivity index (χ2v) is 23.0. The number of likely N-dealkylation sites (tertiary alicyclic amines) is 1. The molecule has 8 rings (SSSR count). The molecule has 4 fully saturated rings. The Morgan fingerprint density at radius 3 is 2.00 bits per heavy atom. The molecule has 4 aliphatic heterocycles. The molecule has 4 atom stereocenters. The van der Waals surface area contributed by atoms with E-state index in [4.69, 9.17) is 14.2 Å². The molecule has 1 amide bonds. The van der Waals surface area contributed by atoms with Crippen molar-refractivity contribution >= 4 is 32.1 Å². The van der Waals surface area contributed by atoms with E-state index in [1.54, 1.807) is 15.3 Å². The lowest BCUT2D eigenvalue weighted by molar-refractivity contribution is -0.166. The lowest BCUT2D eigenvalue weighted by Crippen LogP contribution is -2.58. The van der Waals surface area contributed by atoms with Gasteiger partial charge < -0.3 is 24.2 Å². The zero-order valence-electron chi connectivity index (χ0n) is 38.3. The van der Waals surface area contributed by atoms with Crippen LogP contribution < -0.4 is 4.74 Å². The molecular weight excluding hydrogens is 891 g/mol. The van der Waals surface area contributed by atoms with Crippen LogP contribution in [0.25, 0.3) is 0 Å². The number of carboxylic acids is 1. The van der Waals surface area contributed by atoms with Gasteiger partial charge >= 0.3 is 12.1 Å². The summed E-state index contributed by atoms with van der Waals surface area (Å²) in [5, 5.41) is 9.02. The average Bonchev–Trinajstić information content (AvgIpc) is 3.34. The summed E-state index contributed by atoms with van der Waals surface area (Å²) in [4.78, 5) is 26.5. The van der Waals surface area contributed by atoms with Gasteiger partial charge in [0.2, 0.25) is 20.0 Å². The largest absolute Gasteiger partial charge is 0.482 e. The summed E-state index contributed by atoms with van der Waals surface area (Å²) in [5.41, 5.74) is 3.64. The van der Waals surface area contributed by atoms with Gasteiger partial charge in [-0.15, -0.1) is 0 Å². The molecule has 0 aromatic heterocycles. The van der Waals surface area contributed by atoms with Crippen molar-refractivity contribution in [3.63, 3.8) is 0 Å². The lowest BCUT2D eigenvalue weighted by Gasteiger charge is -2.54. The highest BCUT2D eigenvalue weighted by Gasteiger charge is 2.53. The highest BCUT2D eigenvalue weighted by atomic mass is 32.2. The summed E-state index contributed by atoms with van der Waals surface area (Å²) in [5.74, 6) is -1.02. The molecular formula is C52H63N3O10S2. The maximum absolute atomic E-state index is 14.7. The summed E-state index contributed by atoms with van der Waals surface area (Å²) in [6.45, 7) is 7.68. The number of amides is 1. The molecule has 4 aromatic carbocycles. The van der Waals surface area contributed by atoms with Crippen LogP contribution in [-0.4, -0.2) is 105 Å². The first kappa shape index (κ1) is 48.4. The molecule has 67 heavy (non-hydrogen) atoms. The molecule has 4 saturated heterocycles. The molecule has 13 nitrogen and oxygen atoms in total. The minimum atomic E-state index is -3.97. The Balaban J connectivity index is 1.04. The normalized spacial score (nSPS) is 23.7. The Bertz CT molecular complexity index is 2570. The highest BCUT2D eigenvalue weighted by Crippen LogP contribution is 2.54. The molecule has 0 saturated carbocycles. The highest BCUT2D eigenvalue weighted by molar-refractivity contribution is 7.89. The van der Waals surface area contributed by atoms with Crippen molar-refractivity contribution in [3.05, 3.63) is 144 Å². The van der Waals surface area contributed by atoms with E-state index in [0.29, 0.717) is 56.8 Å². The minimum absolute atomic E-state index is 0.0704. The van der Waals surface area contributed by atoms with Crippen LogP contribution in [0.4, 0.5) is 4.79 Å². The Labute approximate surface area is 395 Å². The number of rotatable bonds is 15. The van der Waals surface area contributed by atoms with Gasteiger partial charge in [0.05, 0.1) is 22.4 Å². The van der Waals surface area contributed by atoms with Gasteiger partial charge in [-0.1, -0.05) is 103 Å². The zero-order valence-corrected chi connectivity index (χ0v) is 39.9. The fourth-order valence-electron chi connectivity index (χ4n) is 10.7. The molecule has 1 N–H and O–H groups in total. The molecule has 0 aliphatic carbocycles. The van der Waals surface area contributed by atoms with Crippen molar-refractivity contribution in [1.82, 2.24) is 13.5 Å². The van der Waals surface area contributed by atoms with Gasteiger partial charge in [0, 0.05) is 56.2 Å². The second kappa shape index (κ2) is 21.1. The standard InChI is InChI=1S/C52H63N3O10S2/c1-38(2)46-34-52(25-12-26-55(37-52)66(59,60)43-23-27-53(28-24-43)51(58)64-35-42-17-10-5-11-18-42)48(32-40-15-8-4-9-16-40)65-50(46)45-33-44(19-20-47(45)63-36-49(56)57)67(61,62)54-29-21-41(22-30-54)31-39-13-6-3-7-14-39/h3-11,13-20,33,41,43,46,48,50H,1,12,21-32,34-37H2,2H3,(H,56,57)/t46-,48+,50-,52+/m0/s1. The van der Waals surface area contributed by atoms with E-state index < -0.39 is 67.5 Å². The molecule has 4 aromatic rings. The number of nitrogens with zero attached hydrogens (tertiary/aromatic N) is 3. The average molecular weight is 954 g/mol. The van der Waals surface area contributed by atoms with Crippen molar-refractivity contribution in [2.75, 3.05) is 45.9 Å². The summed E-state index contributed by atoms with van der Waals surface area (Å²) in [6, 6.07) is 34.1. The Hall–Kier alpha value is -5.06. The van der Waals surface area contributed by atoms with Crippen LogP contribution in [0.3, 0.4) is 0 Å². The van der Waals surface area contributed by atoms with Gasteiger partial charge in [0.1, 0.15) is 12.4 Å². The number of piperidine rings is 3. The Morgan fingerprint density at radius 2 is 1.39 bits per heavy atom. The van der Waals surface area contributed by atoms with E-state index in [2.05, 4.69) is 18.7 Å². The van der Waals surface area contributed by atoms with E-state index in [-0.39, 0.29) is 49.7 Å². The zero-order chi connectivity index (χ0) is 47.2. The molecule has 1 spiro atoms. The van der Waals surface area contributed by atoms with Crippen molar-refractivity contribution in [2.45, 2.75) is 93.7 Å². The number of hydrogen-bond acceptors (Lipinski definition) is 9. The molecule has 0 unspecified atom stereocenters. The third-order valence-corrected chi connectivity index (χ3v) is 18.6. The van der Waals surface area contributed by atoms with Crippen molar-refractivity contribution in [1.29, 1.82) is 0 Å². The molecule has 0 radical (unpaired) electrons. The maximum atomic E-state index is 14.7. The number of carbonyl (C=O) groups is 2. The number of carbonyl (C=O) groups excluding carboxylic acids is 1. The summed E-state index contributed by atoms with van der Waals surface area (Å²) < 4.78 is 80.2. The van der Waals surface area contributed by atoms with Crippen LogP contribution in [0.2, 0.25) is 0 Å². The predicted octanol–water partition coefficient (Wildman–Crippen LogP) is 8.27. The maximum Gasteiger partial charge on any atom is 0.410 e. The SMILES string of the molecule is C=C(C)[C@@H]1C[C@@]2(CCCN(S(=O)(=O)C3CCN(C(=O)OCc4ccccc4)CC3)C2)[C@@H](Cc2ccccc2)O[C@H]1c1cc(S(=O)(=O)N2CCC(Cc3ccccc3)CC2)ccc1OCC(=O)O. The van der Waals surface area contributed by atoms with Gasteiger partial charge in [0.25, 0.3) is 0 Å². The predicted molar refractivity (Wildman–Crippen MR) is 255 cm³/mol. The molecule has 15 heteroatoms. The second-order valence-electron chi connectivity index (χ2n) is 18.9. The Kier molecular flexibility index (Phi) is 15.2. The first-order chi connectivity index (χ1) is 32.2. The quantitative estimate of drug-likeness (QED) is 0.115. The lowest BCUT2D eigenvalue weighted by atomic mass is 9.64. The van der Waals surface area contributed by atoms with Crippen molar-refractivity contribution in [3.8, 4) is 5.75 Å². The number of ether oxygens (including phenoxy) is 3. The first-order valence-corrected chi connectivity index (χ1v) is 26.5. The number of aliphatic carboxylic acids is 1. The summed E-state index contributed by atoms with van der Waals surface area (Å²) >= 11 is 0. The topological polar surface area (TPSA) is 160 Å². The van der Waals surface area contributed by atoms with Crippen molar-refractivity contribution < 1.29 is 45.7 Å². The van der Waals surface area contributed by atoms with Crippen LogP contribution in [0.1, 0.15) is 80.2 Å². The number of benzene rings is 4. The van der Waals surface area contributed by atoms with E-state index in [1.165, 1.54) is 22.0 Å². The molecule has 358 valence electrons. The van der Waals surface area contributed by atoms with Gasteiger partial charge in [-0.05, 0) is 106 Å². The minimum Gasteiger partial charge on any atom is -0.482 e. The first-order valence-electron chi connectivity index (χ1n) is 23.5. The van der Waals surface area contributed by atoms with E-state index in [9.17, 15) is 31.5 Å². The van der Waals surface area contributed by atoms with Crippen LogP contribution in [-0.2, 0) is 53.8 Å². The van der Waals surface area contributed by atoms with Crippen LogP contribution in [0.15, 0.2) is 126 Å². The molecule has 4 aliphatic rings. The van der Waals surface area contributed by atoms with Crippen LogP contribution >= 0.6 is 0 Å². The van der Waals surface area contributed by atoms with Crippen LogP contribution in [0, 0.1) is 17.3 Å². The molecule has 4 heterocycles. The molecule has 0 bridgehead atoms. The summed E-state index contributed by atoms with van der Waals surface area (Å²) in [6.07, 6.45) is 3.39. The number of carboxylic acid groups (broad SMARTS) is 1. The van der Waals surface area contributed by atoms with Crippen LogP contribution in [0.5, 0.6) is 5.75 Å². The van der Waals surface area contributed by atoms with Gasteiger partial charge in [-0.3, -0.25) is 0 Å². The smallest absolute Gasteiger partial charge is 0.410 e. The van der Waals surface area contributed by atoms with E-state index in [0.717, 1.165) is 36.0 Å². The number of sulfonamides is 2. The van der Waals surface area contributed by atoms with Crippen molar-refractivity contribution in [2.24, 2.45) is 17.3 Å².